The third-order valence-corrected chi connectivity index (χ3v) is 7.97. The van der Waals surface area contributed by atoms with Crippen molar-refractivity contribution in [2.24, 2.45) is 5.92 Å². The Labute approximate surface area is 210 Å². The summed E-state index contributed by atoms with van der Waals surface area (Å²) in [5.41, 5.74) is 0. The highest BCUT2D eigenvalue weighted by molar-refractivity contribution is 5.85. The molecule has 0 spiro atoms. The molecule has 2 heteroatoms. The molecule has 32 heavy (non-hydrogen) atoms. The standard InChI is InChI=1S/C30H61N.ClH/c1-4-5-6-7-8-9-10-11-12-13-14-15-16-17-18-19-20-21-22-23-28-31(3)30-26-24-29(2)25-27-30;/h29-30H,4-28H2,1-3H3;1H. The molecule has 0 N–H and O–H groups in total. The summed E-state index contributed by atoms with van der Waals surface area (Å²) < 4.78 is 0. The maximum absolute atomic E-state index is 2.67. The monoisotopic (exact) mass is 471 g/mol. The van der Waals surface area contributed by atoms with Crippen LogP contribution in [0.5, 0.6) is 0 Å². The number of nitrogens with zero attached hydrogens (tertiary/aromatic N) is 1. The topological polar surface area (TPSA) is 3.24 Å². The molecule has 0 aromatic rings. The molecule has 0 aromatic carbocycles. The van der Waals surface area contributed by atoms with Crippen molar-refractivity contribution in [2.75, 3.05) is 13.6 Å². The lowest BCUT2D eigenvalue weighted by Crippen LogP contribution is -2.35. The van der Waals surface area contributed by atoms with Gasteiger partial charge in [-0.05, 0) is 51.6 Å². The Morgan fingerprint density at radius 3 is 1.16 bits per heavy atom. The smallest absolute Gasteiger partial charge is 0.00924 e. The average Bonchev–Trinajstić information content (AvgIpc) is 2.78. The van der Waals surface area contributed by atoms with Crippen LogP contribution >= 0.6 is 12.4 Å². The zero-order valence-corrected chi connectivity index (χ0v) is 23.5. The second-order valence-electron chi connectivity index (χ2n) is 11.1. The van der Waals surface area contributed by atoms with Gasteiger partial charge in [0.1, 0.15) is 0 Å². The Morgan fingerprint density at radius 2 is 0.812 bits per heavy atom. The average molecular weight is 472 g/mol. The fourth-order valence-corrected chi connectivity index (χ4v) is 5.48. The minimum Gasteiger partial charge on any atom is -0.303 e. The van der Waals surface area contributed by atoms with Gasteiger partial charge < -0.3 is 4.90 Å². The lowest BCUT2D eigenvalue weighted by Gasteiger charge is -2.33. The van der Waals surface area contributed by atoms with Gasteiger partial charge in [0, 0.05) is 6.04 Å². The predicted molar refractivity (Wildman–Crippen MR) is 149 cm³/mol. The highest BCUT2D eigenvalue weighted by Crippen LogP contribution is 2.26. The SMILES string of the molecule is CCCCCCCCCCCCCCCCCCCCCCN(C)C1CCC(C)CC1.Cl. The molecule has 0 aliphatic heterocycles. The summed E-state index contributed by atoms with van der Waals surface area (Å²) in [6, 6.07) is 0.886. The van der Waals surface area contributed by atoms with Gasteiger partial charge in [0.05, 0.1) is 0 Å². The third-order valence-electron chi connectivity index (χ3n) is 7.97. The van der Waals surface area contributed by atoms with Crippen LogP contribution in [-0.2, 0) is 0 Å². The van der Waals surface area contributed by atoms with Crippen LogP contribution in [0.2, 0.25) is 0 Å². The summed E-state index contributed by atoms with van der Waals surface area (Å²) in [5.74, 6) is 0.976. The van der Waals surface area contributed by atoms with Crippen molar-refractivity contribution in [3.8, 4) is 0 Å². The molecule has 1 aliphatic carbocycles. The van der Waals surface area contributed by atoms with Crippen LogP contribution in [-0.4, -0.2) is 24.5 Å². The van der Waals surface area contributed by atoms with E-state index in [-0.39, 0.29) is 12.4 Å². The maximum atomic E-state index is 2.67. The molecule has 1 rings (SSSR count). The molecule has 0 heterocycles. The molecule has 1 aliphatic rings. The van der Waals surface area contributed by atoms with Crippen LogP contribution < -0.4 is 0 Å². The van der Waals surface area contributed by atoms with E-state index in [4.69, 9.17) is 0 Å². The summed E-state index contributed by atoms with van der Waals surface area (Å²) in [6.45, 7) is 6.06. The normalized spacial score (nSPS) is 18.8. The van der Waals surface area contributed by atoms with Crippen molar-refractivity contribution in [2.45, 2.75) is 174 Å². The Bertz CT molecular complexity index is 351. The first-order valence-corrected chi connectivity index (χ1v) is 14.9. The van der Waals surface area contributed by atoms with Crippen molar-refractivity contribution in [3.63, 3.8) is 0 Å². The first-order valence-electron chi connectivity index (χ1n) is 14.9. The lowest BCUT2D eigenvalue weighted by molar-refractivity contribution is 0.167. The van der Waals surface area contributed by atoms with E-state index in [9.17, 15) is 0 Å². The zero-order valence-electron chi connectivity index (χ0n) is 22.7. The van der Waals surface area contributed by atoms with Crippen LogP contribution in [0.3, 0.4) is 0 Å². The summed E-state index contributed by atoms with van der Waals surface area (Å²) in [6.07, 6.45) is 35.2. The van der Waals surface area contributed by atoms with Crippen molar-refractivity contribution >= 4 is 12.4 Å². The van der Waals surface area contributed by atoms with E-state index in [1.165, 1.54) is 161 Å². The van der Waals surface area contributed by atoms with E-state index in [1.807, 2.05) is 0 Å². The third kappa shape index (κ3) is 19.7. The highest BCUT2D eigenvalue weighted by Gasteiger charge is 2.20. The number of rotatable bonds is 22. The Kier molecular flexibility index (Phi) is 24.6. The molecule has 0 bridgehead atoms. The van der Waals surface area contributed by atoms with Crippen LogP contribution in [0.4, 0.5) is 0 Å². The summed E-state index contributed by atoms with van der Waals surface area (Å²) in [4.78, 5) is 2.67. The van der Waals surface area contributed by atoms with E-state index in [0.29, 0.717) is 0 Å². The van der Waals surface area contributed by atoms with Gasteiger partial charge in [0.25, 0.3) is 0 Å². The van der Waals surface area contributed by atoms with Crippen molar-refractivity contribution in [1.82, 2.24) is 4.90 Å². The lowest BCUT2D eigenvalue weighted by atomic mass is 9.87. The molecule has 1 fully saturated rings. The van der Waals surface area contributed by atoms with Crippen molar-refractivity contribution < 1.29 is 0 Å². The molecule has 0 radical (unpaired) electrons. The fraction of sp³-hybridized carbons (Fsp3) is 1.00. The highest BCUT2D eigenvalue weighted by atomic mass is 35.5. The summed E-state index contributed by atoms with van der Waals surface area (Å²) in [5, 5.41) is 0. The zero-order chi connectivity index (χ0) is 22.4. The quantitative estimate of drug-likeness (QED) is 0.142. The molecule has 0 atom stereocenters. The molecule has 194 valence electrons. The molecule has 1 saturated carbocycles. The van der Waals surface area contributed by atoms with Gasteiger partial charge >= 0.3 is 0 Å². The molecular formula is C30H62ClN. The molecule has 0 amide bonds. The van der Waals surface area contributed by atoms with Crippen LogP contribution in [0, 0.1) is 5.92 Å². The Hall–Kier alpha value is 0.250. The van der Waals surface area contributed by atoms with Crippen LogP contribution in [0.25, 0.3) is 0 Å². The molecule has 0 unspecified atom stereocenters. The van der Waals surface area contributed by atoms with E-state index >= 15 is 0 Å². The van der Waals surface area contributed by atoms with Crippen LogP contribution in [0.15, 0.2) is 0 Å². The van der Waals surface area contributed by atoms with Gasteiger partial charge in [0.2, 0.25) is 0 Å². The van der Waals surface area contributed by atoms with E-state index in [0.717, 1.165) is 12.0 Å². The molecule has 0 aromatic heterocycles. The number of unbranched alkanes of at least 4 members (excludes halogenated alkanes) is 19. The first-order chi connectivity index (χ1) is 15.2. The van der Waals surface area contributed by atoms with Gasteiger partial charge in [-0.1, -0.05) is 136 Å². The Balaban J connectivity index is 0.00000961. The van der Waals surface area contributed by atoms with Gasteiger partial charge in [0.15, 0.2) is 0 Å². The van der Waals surface area contributed by atoms with Gasteiger partial charge in [-0.25, -0.2) is 0 Å². The van der Waals surface area contributed by atoms with Crippen LogP contribution in [0.1, 0.15) is 168 Å². The number of halogens is 1. The number of hydrogen-bond donors (Lipinski definition) is 0. The van der Waals surface area contributed by atoms with Gasteiger partial charge in [-0.3, -0.25) is 0 Å². The maximum Gasteiger partial charge on any atom is 0.00924 e. The minimum absolute atomic E-state index is 0. The summed E-state index contributed by atoms with van der Waals surface area (Å²) >= 11 is 0. The molecule has 1 nitrogen and oxygen atoms in total. The van der Waals surface area contributed by atoms with Gasteiger partial charge in [-0.15, -0.1) is 12.4 Å². The van der Waals surface area contributed by atoms with E-state index in [1.54, 1.807) is 0 Å². The largest absolute Gasteiger partial charge is 0.303 e. The molecular weight excluding hydrogens is 410 g/mol. The molecule has 0 saturated heterocycles. The Morgan fingerprint density at radius 1 is 0.500 bits per heavy atom. The van der Waals surface area contributed by atoms with Gasteiger partial charge in [-0.2, -0.15) is 0 Å². The first kappa shape index (κ1) is 32.2. The minimum atomic E-state index is 0. The van der Waals surface area contributed by atoms with Crippen molar-refractivity contribution in [1.29, 1.82) is 0 Å². The fourth-order valence-electron chi connectivity index (χ4n) is 5.48. The van der Waals surface area contributed by atoms with E-state index < -0.39 is 0 Å². The second kappa shape index (κ2) is 24.4. The summed E-state index contributed by atoms with van der Waals surface area (Å²) in [7, 11) is 2.37. The number of hydrogen-bond acceptors (Lipinski definition) is 1. The predicted octanol–water partition coefficient (Wildman–Crippen LogP) is 10.7. The second-order valence-corrected chi connectivity index (χ2v) is 11.1. The van der Waals surface area contributed by atoms with Crippen molar-refractivity contribution in [3.05, 3.63) is 0 Å². The van der Waals surface area contributed by atoms with E-state index in [2.05, 4.69) is 25.8 Å².